The van der Waals surface area contributed by atoms with Crippen LogP contribution in [0.3, 0.4) is 0 Å². The summed E-state index contributed by atoms with van der Waals surface area (Å²) in [6, 6.07) is 0. The molecule has 3 aliphatic heterocycles. The van der Waals surface area contributed by atoms with Crippen molar-refractivity contribution in [2.75, 3.05) is 25.6 Å². The zero-order valence-corrected chi connectivity index (χ0v) is 21.1. The molecule has 1 aliphatic carbocycles. The normalized spacial score (nSPS) is 27.9. The lowest BCUT2D eigenvalue weighted by atomic mass is 9.80. The van der Waals surface area contributed by atoms with Gasteiger partial charge in [0.05, 0.1) is 36.5 Å². The van der Waals surface area contributed by atoms with Crippen LogP contribution in [0, 0.1) is 0 Å². The molecule has 5 heterocycles. The molecule has 2 atom stereocenters. The molecule has 0 bridgehead atoms. The smallest absolute Gasteiger partial charge is 0.380 e. The van der Waals surface area contributed by atoms with E-state index in [2.05, 4.69) is 19.3 Å². The number of thioether (sulfide) groups is 1. The fraction of sp³-hybridized carbons (Fsp3) is 0.636. The summed E-state index contributed by atoms with van der Waals surface area (Å²) in [5.41, 5.74) is -5.38. The van der Waals surface area contributed by atoms with Crippen LogP contribution in [0.4, 0.5) is 13.2 Å². The fourth-order valence-corrected chi connectivity index (χ4v) is 7.43. The minimum absolute atomic E-state index is 0.0140. The number of fused-ring (bicyclic) bond motifs is 4. The summed E-state index contributed by atoms with van der Waals surface area (Å²) < 4.78 is 84.0. The van der Waals surface area contributed by atoms with Crippen molar-refractivity contribution in [1.29, 1.82) is 0 Å². The van der Waals surface area contributed by atoms with Gasteiger partial charge in [-0.2, -0.15) is 26.6 Å². The van der Waals surface area contributed by atoms with Gasteiger partial charge in [0, 0.05) is 18.6 Å². The molecule has 0 saturated carbocycles. The molecule has 4 aliphatic rings. The highest BCUT2D eigenvalue weighted by atomic mass is 32.2. The third-order valence-electron chi connectivity index (χ3n) is 7.34. The second-order valence-corrected chi connectivity index (χ2v) is 12.6. The van der Waals surface area contributed by atoms with Crippen molar-refractivity contribution in [2.24, 2.45) is 0 Å². The molecular weight excluding hydrogens is 539 g/mol. The summed E-state index contributed by atoms with van der Waals surface area (Å²) in [6.07, 6.45) is 3.43. The zero-order valence-electron chi connectivity index (χ0n) is 19.4. The summed E-state index contributed by atoms with van der Waals surface area (Å²) in [4.78, 5) is 21.7. The number of halogens is 3. The molecule has 15 heteroatoms. The molecule has 2 aromatic rings. The number of rotatable bonds is 3. The number of alkyl halides is 3. The highest BCUT2D eigenvalue weighted by Gasteiger charge is 2.52. The first kappa shape index (κ1) is 25.1. The van der Waals surface area contributed by atoms with Crippen molar-refractivity contribution in [3.05, 3.63) is 22.6 Å². The van der Waals surface area contributed by atoms with Gasteiger partial charge in [-0.15, -0.1) is 11.8 Å². The van der Waals surface area contributed by atoms with Gasteiger partial charge in [-0.05, 0) is 37.9 Å². The van der Waals surface area contributed by atoms with Crippen LogP contribution in [-0.4, -0.2) is 60.4 Å². The summed E-state index contributed by atoms with van der Waals surface area (Å²) >= 11 is 1.51. The van der Waals surface area contributed by atoms with Crippen LogP contribution in [0.25, 0.3) is 11.5 Å². The number of aromatic nitrogens is 3. The quantitative estimate of drug-likeness (QED) is 0.404. The van der Waals surface area contributed by atoms with Crippen LogP contribution >= 0.6 is 11.8 Å². The lowest BCUT2D eigenvalue weighted by molar-refractivity contribution is -0.122. The van der Waals surface area contributed by atoms with Crippen LogP contribution in [0.2, 0.25) is 0 Å². The molecule has 0 N–H and O–H groups in total. The number of Topliss-reactive ketones (excluding diaryl/α,β-unsaturated/α-hetero) is 1. The van der Waals surface area contributed by atoms with E-state index >= 15 is 0 Å². The highest BCUT2D eigenvalue weighted by molar-refractivity contribution is 8.01. The zero-order chi connectivity index (χ0) is 26.1. The highest BCUT2D eigenvalue weighted by Crippen LogP contribution is 2.52. The van der Waals surface area contributed by atoms with E-state index in [4.69, 9.17) is 14.0 Å². The molecule has 10 nitrogen and oxygen atoms in total. The Morgan fingerprint density at radius 2 is 1.84 bits per heavy atom. The predicted octanol–water partition coefficient (Wildman–Crippen LogP) is 3.18. The molecule has 200 valence electrons. The summed E-state index contributed by atoms with van der Waals surface area (Å²) in [7, 11) is -6.02. The van der Waals surface area contributed by atoms with Gasteiger partial charge >= 0.3 is 15.6 Å². The minimum Gasteiger partial charge on any atom is -0.380 e. The number of ketones is 1. The number of carbonyl (C=O) groups excluding carboxylic acids is 1. The topological polar surface area (TPSA) is 131 Å². The first-order chi connectivity index (χ1) is 17.6. The average Bonchev–Trinajstić information content (AvgIpc) is 3.49. The average molecular weight is 562 g/mol. The Bertz CT molecular complexity index is 1370. The number of nitrogens with zero attached hydrogens (tertiary/aromatic N) is 3. The first-order valence-corrected chi connectivity index (χ1v) is 14.2. The first-order valence-electron chi connectivity index (χ1n) is 11.8. The minimum atomic E-state index is -6.02. The van der Waals surface area contributed by atoms with E-state index in [1.807, 2.05) is 0 Å². The Kier molecular flexibility index (Phi) is 5.86. The Labute approximate surface area is 213 Å². The van der Waals surface area contributed by atoms with Gasteiger partial charge in [-0.3, -0.25) is 4.79 Å². The molecule has 0 radical (unpaired) electrons. The van der Waals surface area contributed by atoms with Gasteiger partial charge < -0.3 is 18.2 Å². The van der Waals surface area contributed by atoms with Gasteiger partial charge in [-0.25, -0.2) is 4.98 Å². The maximum absolute atomic E-state index is 13.2. The standard InChI is InChI=1S/C22H22F3N3O7S2/c23-22(24,25)37(30,31)35-19-13-9-33-11-20(6-7-32-10-20)16(13)26-18(27-19)15-12-3-1-5-21(17(12)34-28-15)14(29)4-2-8-36-21/h1-11H2/t20-,21+/m1/s1. The summed E-state index contributed by atoms with van der Waals surface area (Å²) in [5, 5.41) is 4.15. The maximum atomic E-state index is 13.2. The van der Waals surface area contributed by atoms with Crippen molar-refractivity contribution in [3.8, 4) is 17.4 Å². The molecule has 37 heavy (non-hydrogen) atoms. The molecular formula is C22H22F3N3O7S2. The molecule has 6 rings (SSSR count). The van der Waals surface area contributed by atoms with E-state index < -0.39 is 31.7 Å². The van der Waals surface area contributed by atoms with Crippen molar-refractivity contribution in [1.82, 2.24) is 15.1 Å². The van der Waals surface area contributed by atoms with Gasteiger partial charge in [0.25, 0.3) is 0 Å². The van der Waals surface area contributed by atoms with Crippen LogP contribution < -0.4 is 4.18 Å². The van der Waals surface area contributed by atoms with E-state index in [1.54, 1.807) is 0 Å². The van der Waals surface area contributed by atoms with Crippen LogP contribution in [0.1, 0.15) is 54.7 Å². The summed E-state index contributed by atoms with van der Waals surface area (Å²) in [5.74, 6) is 0.353. The Hall–Kier alpha value is -2.23. The number of ether oxygens (including phenoxy) is 2. The largest absolute Gasteiger partial charge is 0.534 e. The summed E-state index contributed by atoms with van der Waals surface area (Å²) in [6.45, 7) is 0.520. The van der Waals surface area contributed by atoms with E-state index in [1.165, 1.54) is 11.8 Å². The SMILES string of the molecule is O=C1CCCS[C@@]12CCCc1c(-c3nc(OS(=O)(=O)C(F)(F)F)c4c(n3)[C@@]3(CCOC3)COC4)noc12. The number of carbonyl (C=O) groups is 1. The van der Waals surface area contributed by atoms with Crippen molar-refractivity contribution < 1.29 is 44.6 Å². The maximum Gasteiger partial charge on any atom is 0.534 e. The van der Waals surface area contributed by atoms with Gasteiger partial charge in [0.15, 0.2) is 23.1 Å². The lowest BCUT2D eigenvalue weighted by Gasteiger charge is -2.36. The lowest BCUT2D eigenvalue weighted by Crippen LogP contribution is -2.39. The Morgan fingerprint density at radius 3 is 2.57 bits per heavy atom. The predicted molar refractivity (Wildman–Crippen MR) is 121 cm³/mol. The number of hydrogen-bond donors (Lipinski definition) is 0. The van der Waals surface area contributed by atoms with E-state index in [9.17, 15) is 26.4 Å². The molecule has 2 fully saturated rings. The van der Waals surface area contributed by atoms with Crippen molar-refractivity contribution >= 4 is 27.7 Å². The van der Waals surface area contributed by atoms with Crippen LogP contribution in [-0.2, 0) is 47.6 Å². The Morgan fingerprint density at radius 1 is 1.03 bits per heavy atom. The molecule has 2 saturated heterocycles. The molecule has 0 amide bonds. The van der Waals surface area contributed by atoms with Gasteiger partial charge in [-0.1, -0.05) is 5.16 Å². The molecule has 2 aromatic heterocycles. The molecule has 0 aromatic carbocycles. The van der Waals surface area contributed by atoms with Crippen LogP contribution in [0.5, 0.6) is 5.88 Å². The second kappa shape index (κ2) is 8.64. The fourth-order valence-electron chi connectivity index (χ4n) is 5.51. The van der Waals surface area contributed by atoms with Crippen molar-refractivity contribution in [2.45, 2.75) is 60.8 Å². The Balaban J connectivity index is 1.52. The molecule has 0 unspecified atom stereocenters. The van der Waals surface area contributed by atoms with E-state index in [0.29, 0.717) is 55.7 Å². The van der Waals surface area contributed by atoms with E-state index in [0.717, 1.165) is 12.2 Å². The van der Waals surface area contributed by atoms with E-state index in [-0.39, 0.29) is 42.7 Å². The third-order valence-corrected chi connectivity index (χ3v) is 9.89. The van der Waals surface area contributed by atoms with Crippen LogP contribution in [0.15, 0.2) is 4.52 Å². The monoisotopic (exact) mass is 561 g/mol. The third kappa shape index (κ3) is 3.88. The second-order valence-electron chi connectivity index (χ2n) is 9.63. The molecule has 2 spiro atoms. The number of hydrogen-bond acceptors (Lipinski definition) is 11. The van der Waals surface area contributed by atoms with Gasteiger partial charge in [0.1, 0.15) is 4.75 Å². The van der Waals surface area contributed by atoms with Gasteiger partial charge in [0.2, 0.25) is 5.88 Å². The van der Waals surface area contributed by atoms with Crippen molar-refractivity contribution in [3.63, 3.8) is 0 Å².